The molecule has 1 aromatic rings. The van der Waals surface area contributed by atoms with Crippen molar-refractivity contribution < 1.29 is 14.6 Å². The monoisotopic (exact) mass is 361 g/mol. The highest BCUT2D eigenvalue weighted by Gasteiger charge is 2.47. The first-order valence-corrected chi connectivity index (χ1v) is 7.53. The van der Waals surface area contributed by atoms with Crippen LogP contribution in [-0.4, -0.2) is 29.8 Å². The standard InChI is InChI=1S/C14H17BrClNO3/c1-14(2)11(6-12(14)18)17-13(19)7-20-10-4-3-8(15)5-9(10)16/h3-5,11-12,18H,6-7H2,1-2H3,(H,17,19). The molecule has 1 amide bonds. The summed E-state index contributed by atoms with van der Waals surface area (Å²) in [5.74, 6) is 0.256. The highest BCUT2D eigenvalue weighted by molar-refractivity contribution is 9.10. The van der Waals surface area contributed by atoms with Gasteiger partial charge in [0.15, 0.2) is 6.61 Å². The van der Waals surface area contributed by atoms with Gasteiger partial charge in [0.2, 0.25) is 0 Å². The molecule has 4 nitrogen and oxygen atoms in total. The molecule has 20 heavy (non-hydrogen) atoms. The number of hydrogen-bond donors (Lipinski definition) is 2. The predicted octanol–water partition coefficient (Wildman–Crippen LogP) is 2.76. The highest BCUT2D eigenvalue weighted by Crippen LogP contribution is 2.40. The molecule has 1 saturated carbocycles. The maximum atomic E-state index is 11.8. The molecule has 110 valence electrons. The fourth-order valence-corrected chi connectivity index (χ4v) is 2.85. The molecule has 6 heteroatoms. The summed E-state index contributed by atoms with van der Waals surface area (Å²) in [5.41, 5.74) is -0.287. The SMILES string of the molecule is CC1(C)C(O)CC1NC(=O)COc1ccc(Br)cc1Cl. The molecule has 2 N–H and O–H groups in total. The van der Waals surface area contributed by atoms with Gasteiger partial charge in [0.1, 0.15) is 5.75 Å². The smallest absolute Gasteiger partial charge is 0.258 e. The van der Waals surface area contributed by atoms with Crippen molar-refractivity contribution in [2.45, 2.75) is 32.4 Å². The molecule has 2 unspecified atom stereocenters. The summed E-state index contributed by atoms with van der Waals surface area (Å²) in [6.45, 7) is 3.77. The first-order chi connectivity index (χ1) is 9.30. The Bertz CT molecular complexity index is 521. The fraction of sp³-hybridized carbons (Fsp3) is 0.500. The van der Waals surface area contributed by atoms with E-state index in [9.17, 15) is 9.90 Å². The van der Waals surface area contributed by atoms with E-state index in [-0.39, 0.29) is 30.1 Å². The Morgan fingerprint density at radius 3 is 2.85 bits per heavy atom. The number of aliphatic hydroxyl groups is 1. The van der Waals surface area contributed by atoms with Crippen LogP contribution in [0.2, 0.25) is 5.02 Å². The number of amides is 1. The van der Waals surface area contributed by atoms with E-state index in [1.165, 1.54) is 0 Å². The van der Waals surface area contributed by atoms with Gasteiger partial charge in [-0.05, 0) is 24.6 Å². The van der Waals surface area contributed by atoms with Crippen molar-refractivity contribution in [2.75, 3.05) is 6.61 Å². The van der Waals surface area contributed by atoms with Crippen molar-refractivity contribution in [3.05, 3.63) is 27.7 Å². The maximum absolute atomic E-state index is 11.8. The largest absolute Gasteiger partial charge is 0.482 e. The molecule has 0 radical (unpaired) electrons. The van der Waals surface area contributed by atoms with Crippen molar-refractivity contribution in [2.24, 2.45) is 5.41 Å². The van der Waals surface area contributed by atoms with Gasteiger partial charge in [-0.25, -0.2) is 0 Å². The Morgan fingerprint density at radius 1 is 1.60 bits per heavy atom. The number of aliphatic hydroxyl groups excluding tert-OH is 1. The molecule has 0 heterocycles. The van der Waals surface area contributed by atoms with Gasteiger partial charge in [0, 0.05) is 15.9 Å². The van der Waals surface area contributed by atoms with Gasteiger partial charge in [-0.15, -0.1) is 0 Å². The first kappa shape index (κ1) is 15.6. The topological polar surface area (TPSA) is 58.6 Å². The number of nitrogens with one attached hydrogen (secondary N) is 1. The zero-order valence-electron chi connectivity index (χ0n) is 11.3. The zero-order valence-corrected chi connectivity index (χ0v) is 13.7. The van der Waals surface area contributed by atoms with Crippen molar-refractivity contribution >= 4 is 33.4 Å². The van der Waals surface area contributed by atoms with E-state index in [1.807, 2.05) is 13.8 Å². The van der Waals surface area contributed by atoms with E-state index >= 15 is 0 Å². The Kier molecular flexibility index (Phi) is 4.62. The average molecular weight is 363 g/mol. The molecule has 0 aliphatic heterocycles. The van der Waals surface area contributed by atoms with E-state index in [4.69, 9.17) is 16.3 Å². The van der Waals surface area contributed by atoms with Crippen molar-refractivity contribution in [3.8, 4) is 5.75 Å². The summed E-state index contributed by atoms with van der Waals surface area (Å²) < 4.78 is 6.24. The quantitative estimate of drug-likeness (QED) is 0.866. The van der Waals surface area contributed by atoms with Crippen LogP contribution in [0.1, 0.15) is 20.3 Å². The minimum absolute atomic E-state index is 0.0195. The predicted molar refractivity (Wildman–Crippen MR) is 81.0 cm³/mol. The van der Waals surface area contributed by atoms with Crippen molar-refractivity contribution in [1.29, 1.82) is 0 Å². The summed E-state index contributed by atoms with van der Waals surface area (Å²) in [5, 5.41) is 12.9. The lowest BCUT2D eigenvalue weighted by Crippen LogP contribution is -2.61. The van der Waals surface area contributed by atoms with E-state index in [0.717, 1.165) is 4.47 Å². The number of carbonyl (C=O) groups excluding carboxylic acids is 1. The third-order valence-corrected chi connectivity index (χ3v) is 4.59. The van der Waals surface area contributed by atoms with Crippen LogP contribution in [0, 0.1) is 5.41 Å². The second-order valence-electron chi connectivity index (χ2n) is 5.56. The first-order valence-electron chi connectivity index (χ1n) is 6.36. The third kappa shape index (κ3) is 3.27. The Labute approximate surface area is 131 Å². The van der Waals surface area contributed by atoms with Gasteiger partial charge < -0.3 is 15.2 Å². The number of carbonyl (C=O) groups is 1. The Hall–Kier alpha value is -0.780. The van der Waals surface area contributed by atoms with Crippen LogP contribution in [0.5, 0.6) is 5.75 Å². The van der Waals surface area contributed by atoms with E-state index < -0.39 is 0 Å². The number of benzene rings is 1. The van der Waals surface area contributed by atoms with Crippen LogP contribution < -0.4 is 10.1 Å². The van der Waals surface area contributed by atoms with E-state index in [0.29, 0.717) is 17.2 Å². The van der Waals surface area contributed by atoms with Gasteiger partial charge in [0.05, 0.1) is 11.1 Å². The number of halogens is 2. The summed E-state index contributed by atoms with van der Waals surface area (Å²) in [4.78, 5) is 11.8. The van der Waals surface area contributed by atoms with Crippen LogP contribution in [0.4, 0.5) is 0 Å². The minimum Gasteiger partial charge on any atom is -0.482 e. The molecule has 2 rings (SSSR count). The van der Waals surface area contributed by atoms with Crippen LogP contribution in [0.25, 0.3) is 0 Å². The van der Waals surface area contributed by atoms with Gasteiger partial charge >= 0.3 is 0 Å². The molecule has 0 saturated heterocycles. The van der Waals surface area contributed by atoms with Crippen molar-refractivity contribution in [3.63, 3.8) is 0 Å². The second-order valence-corrected chi connectivity index (χ2v) is 6.88. The third-order valence-electron chi connectivity index (χ3n) is 3.80. The Balaban J connectivity index is 1.84. The molecular formula is C14H17BrClNO3. The second kappa shape index (κ2) is 5.92. The van der Waals surface area contributed by atoms with Crippen LogP contribution in [0.15, 0.2) is 22.7 Å². The summed E-state index contributed by atoms with van der Waals surface area (Å²) in [6, 6.07) is 5.19. The molecule has 2 atom stereocenters. The van der Waals surface area contributed by atoms with E-state index in [1.54, 1.807) is 18.2 Å². The minimum atomic E-state index is -0.366. The molecule has 1 fully saturated rings. The summed E-state index contributed by atoms with van der Waals surface area (Å²) >= 11 is 9.30. The van der Waals surface area contributed by atoms with Crippen molar-refractivity contribution in [1.82, 2.24) is 5.32 Å². The maximum Gasteiger partial charge on any atom is 0.258 e. The number of ether oxygens (including phenoxy) is 1. The molecule has 1 aromatic carbocycles. The zero-order chi connectivity index (χ0) is 14.9. The average Bonchev–Trinajstić information content (AvgIpc) is 2.37. The van der Waals surface area contributed by atoms with Crippen LogP contribution >= 0.6 is 27.5 Å². The molecule has 0 aromatic heterocycles. The molecule has 1 aliphatic rings. The van der Waals surface area contributed by atoms with Crippen LogP contribution in [0.3, 0.4) is 0 Å². The molecule has 1 aliphatic carbocycles. The van der Waals surface area contributed by atoms with Gasteiger partial charge in [-0.3, -0.25) is 4.79 Å². The van der Waals surface area contributed by atoms with E-state index in [2.05, 4.69) is 21.2 Å². The fourth-order valence-electron chi connectivity index (χ4n) is 2.12. The lowest BCUT2D eigenvalue weighted by Gasteiger charge is -2.49. The highest BCUT2D eigenvalue weighted by atomic mass is 79.9. The number of hydrogen-bond acceptors (Lipinski definition) is 3. The lowest BCUT2D eigenvalue weighted by molar-refractivity contribution is -0.131. The molecule has 0 spiro atoms. The normalized spacial score (nSPS) is 23.9. The summed E-state index contributed by atoms with van der Waals surface area (Å²) in [7, 11) is 0. The van der Waals surface area contributed by atoms with Gasteiger partial charge in [0.25, 0.3) is 5.91 Å². The lowest BCUT2D eigenvalue weighted by atomic mass is 9.64. The molecular weight excluding hydrogens is 346 g/mol. The van der Waals surface area contributed by atoms with Gasteiger partial charge in [-0.1, -0.05) is 41.4 Å². The van der Waals surface area contributed by atoms with Gasteiger partial charge in [-0.2, -0.15) is 0 Å². The molecule has 0 bridgehead atoms. The Morgan fingerprint density at radius 2 is 2.30 bits per heavy atom. The van der Waals surface area contributed by atoms with Crippen LogP contribution in [-0.2, 0) is 4.79 Å². The number of rotatable bonds is 4. The summed E-state index contributed by atoms with van der Waals surface area (Å²) in [6.07, 6.45) is 0.215.